The number of carbonyl (C=O) groups excluding carboxylic acids is 3. The first-order valence-corrected chi connectivity index (χ1v) is 11.4. The van der Waals surface area contributed by atoms with Gasteiger partial charge in [0, 0.05) is 17.4 Å². The summed E-state index contributed by atoms with van der Waals surface area (Å²) in [6.45, 7) is 0. The van der Waals surface area contributed by atoms with Gasteiger partial charge in [0.2, 0.25) is 17.7 Å². The van der Waals surface area contributed by atoms with Gasteiger partial charge in [-0.3, -0.25) is 19.3 Å². The number of hydrogen-bond donors (Lipinski definition) is 2. The lowest BCUT2D eigenvalue weighted by Gasteiger charge is -2.31. The van der Waals surface area contributed by atoms with Gasteiger partial charge in [-0.1, -0.05) is 49.6 Å². The van der Waals surface area contributed by atoms with Crippen LogP contribution in [0.25, 0.3) is 11.3 Å². The molecule has 4 rings (SSSR count). The van der Waals surface area contributed by atoms with E-state index in [1.54, 1.807) is 0 Å². The summed E-state index contributed by atoms with van der Waals surface area (Å²) in [4.78, 5) is 43.9. The molecule has 2 aliphatic rings. The first-order valence-electron chi connectivity index (χ1n) is 10.5. The molecule has 3 amide bonds. The van der Waals surface area contributed by atoms with Gasteiger partial charge in [-0.25, -0.2) is 4.98 Å². The summed E-state index contributed by atoms with van der Waals surface area (Å²) in [5.41, 5.74) is 7.96. The predicted molar refractivity (Wildman–Crippen MR) is 116 cm³/mol. The summed E-state index contributed by atoms with van der Waals surface area (Å²) in [7, 11) is 0. The van der Waals surface area contributed by atoms with Crippen LogP contribution < -0.4 is 11.1 Å². The summed E-state index contributed by atoms with van der Waals surface area (Å²) in [6, 6.07) is 8.12. The zero-order valence-corrected chi connectivity index (χ0v) is 17.6. The number of likely N-dealkylation sites (tertiary alicyclic amines) is 1. The van der Waals surface area contributed by atoms with E-state index in [9.17, 15) is 14.4 Å². The second-order valence-corrected chi connectivity index (χ2v) is 8.83. The van der Waals surface area contributed by atoms with Crippen LogP contribution in [0.4, 0.5) is 5.13 Å². The van der Waals surface area contributed by atoms with E-state index >= 15 is 0 Å². The molecular formula is C22H26N4O3S. The van der Waals surface area contributed by atoms with Crippen molar-refractivity contribution in [1.29, 1.82) is 0 Å². The minimum absolute atomic E-state index is 0.0794. The maximum absolute atomic E-state index is 13.0. The van der Waals surface area contributed by atoms with E-state index in [1.807, 2.05) is 35.7 Å². The van der Waals surface area contributed by atoms with Gasteiger partial charge in [-0.2, -0.15) is 0 Å². The van der Waals surface area contributed by atoms with Gasteiger partial charge in [0.1, 0.15) is 6.04 Å². The van der Waals surface area contributed by atoms with E-state index in [4.69, 9.17) is 5.73 Å². The zero-order chi connectivity index (χ0) is 21.1. The van der Waals surface area contributed by atoms with Crippen LogP contribution in [0.5, 0.6) is 0 Å². The van der Waals surface area contributed by atoms with E-state index in [0.717, 1.165) is 48.3 Å². The number of rotatable bonds is 5. The van der Waals surface area contributed by atoms with E-state index in [-0.39, 0.29) is 24.2 Å². The fourth-order valence-electron chi connectivity index (χ4n) is 4.33. The van der Waals surface area contributed by atoms with Gasteiger partial charge in [-0.05, 0) is 25.2 Å². The molecule has 0 spiro atoms. The lowest BCUT2D eigenvalue weighted by Crippen LogP contribution is -2.53. The number of aromatic nitrogens is 1. The molecule has 0 bridgehead atoms. The molecule has 1 saturated carbocycles. The van der Waals surface area contributed by atoms with Gasteiger partial charge in [0.25, 0.3) is 0 Å². The first kappa shape index (κ1) is 20.7. The summed E-state index contributed by atoms with van der Waals surface area (Å²) in [6.07, 6.45) is 5.54. The third kappa shape index (κ3) is 4.29. The van der Waals surface area contributed by atoms with Gasteiger partial charge in [0.15, 0.2) is 5.13 Å². The Morgan fingerprint density at radius 2 is 1.87 bits per heavy atom. The van der Waals surface area contributed by atoms with E-state index in [0.29, 0.717) is 11.6 Å². The number of carbonyl (C=O) groups is 3. The topological polar surface area (TPSA) is 105 Å². The highest BCUT2D eigenvalue weighted by atomic mass is 32.1. The van der Waals surface area contributed by atoms with Crippen LogP contribution in [0.2, 0.25) is 0 Å². The van der Waals surface area contributed by atoms with Gasteiger partial charge in [-0.15, -0.1) is 11.3 Å². The number of anilines is 1. The fraction of sp³-hybridized carbons (Fsp3) is 0.455. The third-order valence-corrected chi connectivity index (χ3v) is 6.76. The molecule has 1 aliphatic heterocycles. The van der Waals surface area contributed by atoms with Crippen molar-refractivity contribution in [3.05, 3.63) is 35.7 Å². The number of amides is 3. The lowest BCUT2D eigenvalue weighted by atomic mass is 9.83. The number of hydrogen-bond acceptors (Lipinski definition) is 6. The Kier molecular flexibility index (Phi) is 6.24. The van der Waals surface area contributed by atoms with Crippen molar-refractivity contribution in [1.82, 2.24) is 9.88 Å². The molecular weight excluding hydrogens is 400 g/mol. The Morgan fingerprint density at radius 1 is 1.13 bits per heavy atom. The van der Waals surface area contributed by atoms with Crippen molar-refractivity contribution in [2.75, 3.05) is 5.32 Å². The first-order chi connectivity index (χ1) is 14.5. The number of nitrogens with zero attached hydrogens (tertiary/aromatic N) is 2. The zero-order valence-electron chi connectivity index (χ0n) is 16.8. The molecule has 0 unspecified atom stereocenters. The summed E-state index contributed by atoms with van der Waals surface area (Å²) in [5, 5.41) is 5.09. The average Bonchev–Trinajstić information content (AvgIpc) is 3.40. The molecule has 1 aliphatic carbocycles. The molecule has 0 radical (unpaired) electrons. The second kappa shape index (κ2) is 9.06. The molecule has 7 nitrogen and oxygen atoms in total. The number of imide groups is 1. The summed E-state index contributed by atoms with van der Waals surface area (Å²) in [5.74, 6) is -1.06. The van der Waals surface area contributed by atoms with Crippen LogP contribution in [0, 0.1) is 5.92 Å². The number of thiazole rings is 1. The van der Waals surface area contributed by atoms with Crippen LogP contribution in [-0.2, 0) is 14.4 Å². The molecule has 30 heavy (non-hydrogen) atoms. The van der Waals surface area contributed by atoms with Crippen LogP contribution in [0.1, 0.15) is 44.9 Å². The highest BCUT2D eigenvalue weighted by Gasteiger charge is 2.43. The number of nitrogens with one attached hydrogen (secondary N) is 1. The van der Waals surface area contributed by atoms with Crippen molar-refractivity contribution in [3.8, 4) is 11.3 Å². The van der Waals surface area contributed by atoms with Crippen LogP contribution in [0.3, 0.4) is 0 Å². The minimum atomic E-state index is -0.830. The van der Waals surface area contributed by atoms with Crippen molar-refractivity contribution in [2.24, 2.45) is 11.7 Å². The van der Waals surface area contributed by atoms with Gasteiger partial charge >= 0.3 is 0 Å². The third-order valence-electron chi connectivity index (χ3n) is 6.00. The number of nitrogens with two attached hydrogens (primary N) is 1. The fourth-order valence-corrected chi connectivity index (χ4v) is 5.05. The second-order valence-electron chi connectivity index (χ2n) is 7.97. The van der Waals surface area contributed by atoms with Gasteiger partial charge < -0.3 is 11.1 Å². The Hall–Kier alpha value is -2.58. The van der Waals surface area contributed by atoms with Crippen LogP contribution in [-0.4, -0.2) is 39.7 Å². The van der Waals surface area contributed by atoms with E-state index in [1.165, 1.54) is 11.3 Å². The maximum atomic E-state index is 13.0. The highest BCUT2D eigenvalue weighted by Crippen LogP contribution is 2.30. The van der Waals surface area contributed by atoms with Gasteiger partial charge in [0.05, 0.1) is 11.7 Å². The summed E-state index contributed by atoms with van der Waals surface area (Å²) >= 11 is 1.31. The van der Waals surface area contributed by atoms with E-state index < -0.39 is 18.0 Å². The molecule has 1 aromatic heterocycles. The molecule has 2 fully saturated rings. The molecule has 1 aromatic carbocycles. The predicted octanol–water partition coefficient (Wildman–Crippen LogP) is 3.17. The largest absolute Gasteiger partial charge is 0.320 e. The quantitative estimate of drug-likeness (QED) is 0.764. The monoisotopic (exact) mass is 426 g/mol. The Balaban J connectivity index is 1.44. The maximum Gasteiger partial charge on any atom is 0.249 e. The highest BCUT2D eigenvalue weighted by molar-refractivity contribution is 7.14. The summed E-state index contributed by atoms with van der Waals surface area (Å²) < 4.78 is 0. The normalized spacial score (nSPS) is 20.9. The molecule has 2 heterocycles. The molecule has 3 N–H and O–H groups in total. The van der Waals surface area contributed by atoms with Crippen molar-refractivity contribution < 1.29 is 14.4 Å². The van der Waals surface area contributed by atoms with Crippen LogP contribution >= 0.6 is 11.3 Å². The van der Waals surface area contributed by atoms with Crippen molar-refractivity contribution in [2.45, 2.75) is 57.0 Å². The Morgan fingerprint density at radius 3 is 2.60 bits per heavy atom. The van der Waals surface area contributed by atoms with E-state index in [2.05, 4.69) is 10.3 Å². The Bertz CT molecular complexity index is 923. The molecule has 1 saturated heterocycles. The van der Waals surface area contributed by atoms with Crippen molar-refractivity contribution >= 4 is 34.2 Å². The smallest absolute Gasteiger partial charge is 0.249 e. The molecule has 8 heteroatoms. The number of benzene rings is 1. The standard InChI is InChI=1S/C22H26N4O3S/c23-19(15-9-5-2-6-10-15)21(29)26-17(11-12-18(26)27)20(28)25-22-24-16(13-30-22)14-7-3-1-4-8-14/h1,3-4,7-8,13,15,17,19H,2,5-6,9-12,23H2,(H,24,25,28)/t17-,19+/m0/s1. The lowest BCUT2D eigenvalue weighted by molar-refractivity contribution is -0.148. The Labute approximate surface area is 179 Å². The van der Waals surface area contributed by atoms with Crippen molar-refractivity contribution in [3.63, 3.8) is 0 Å². The van der Waals surface area contributed by atoms with Crippen LogP contribution in [0.15, 0.2) is 35.7 Å². The average molecular weight is 427 g/mol. The molecule has 2 atom stereocenters. The molecule has 2 aromatic rings. The SMILES string of the molecule is N[C@@H](C(=O)N1C(=O)CC[C@H]1C(=O)Nc1nc(-c2ccccc2)cs1)C1CCCCC1. The minimum Gasteiger partial charge on any atom is -0.320 e. The molecule has 158 valence electrons.